The third-order valence-corrected chi connectivity index (χ3v) is 8.10. The van der Waals surface area contributed by atoms with Crippen LogP contribution in [0.4, 0.5) is 4.39 Å². The van der Waals surface area contributed by atoms with Crippen LogP contribution in [0.1, 0.15) is 5.56 Å². The molecule has 8 rings (SSSR count). The van der Waals surface area contributed by atoms with Gasteiger partial charge in [-0.05, 0) is 34.2 Å². The molecule has 0 amide bonds. The molecule has 2 aromatic heterocycles. The second kappa shape index (κ2) is 9.87. The van der Waals surface area contributed by atoms with Crippen LogP contribution in [-0.2, 0) is 0 Å². The molecule has 0 saturated carbocycles. The van der Waals surface area contributed by atoms with E-state index in [9.17, 15) is 5.26 Å². The van der Waals surface area contributed by atoms with Gasteiger partial charge in [-0.2, -0.15) is 5.26 Å². The van der Waals surface area contributed by atoms with E-state index in [0.29, 0.717) is 27.8 Å². The maximum absolute atomic E-state index is 15.6. The van der Waals surface area contributed by atoms with Crippen LogP contribution in [0.3, 0.4) is 0 Å². The molecule has 6 aromatic carbocycles. The van der Waals surface area contributed by atoms with Crippen molar-refractivity contribution >= 4 is 32.8 Å². The summed E-state index contributed by atoms with van der Waals surface area (Å²) in [5, 5.41) is 13.2. The van der Waals surface area contributed by atoms with Crippen LogP contribution in [0.15, 0.2) is 138 Å². The first kappa shape index (κ1) is 24.8. The van der Waals surface area contributed by atoms with E-state index in [0.717, 1.165) is 55.2 Å². The highest BCUT2D eigenvalue weighted by Crippen LogP contribution is 2.50. The second-order valence-corrected chi connectivity index (χ2v) is 10.6. The Kier molecular flexibility index (Phi) is 5.70. The van der Waals surface area contributed by atoms with E-state index in [4.69, 9.17) is 4.42 Å². The standard InChI is InChI=1S/C39H23FN2O/c40-28-21-29-33(25-15-7-2-8-16-25)38(27-19-11-4-12-20-27)43-39-30(23-41)32(24-13-5-1-6-14-24)34(26-17-9-3-10-18-26)37-36(39)35(29)31(22-28)42-37/h1-22,42H. The Bertz CT molecular complexity index is 2330. The van der Waals surface area contributed by atoms with Gasteiger partial charge in [0.05, 0.1) is 16.4 Å². The molecule has 202 valence electrons. The second-order valence-electron chi connectivity index (χ2n) is 10.6. The number of nitrogens with one attached hydrogen (secondary N) is 1. The summed E-state index contributed by atoms with van der Waals surface area (Å²) in [5.74, 6) is 0.211. The molecule has 0 unspecified atom stereocenters. The molecule has 0 aliphatic rings. The highest BCUT2D eigenvalue weighted by atomic mass is 19.1. The smallest absolute Gasteiger partial charge is 0.155 e. The van der Waals surface area contributed by atoms with E-state index >= 15 is 4.39 Å². The van der Waals surface area contributed by atoms with Gasteiger partial charge < -0.3 is 9.40 Å². The summed E-state index contributed by atoms with van der Waals surface area (Å²) in [6, 6.07) is 45.3. The van der Waals surface area contributed by atoms with Crippen LogP contribution >= 0.6 is 0 Å². The SMILES string of the molecule is N#Cc1c(-c2ccccc2)c(-c2ccccc2)c2[nH]c3cc(F)cc4c(-c5ccccc5)c(-c5ccccc5)oc1c2c34. The van der Waals surface area contributed by atoms with Crippen molar-refractivity contribution in [2.75, 3.05) is 0 Å². The lowest BCUT2D eigenvalue weighted by molar-refractivity contribution is 0.624. The highest BCUT2D eigenvalue weighted by molar-refractivity contribution is 6.29. The summed E-state index contributed by atoms with van der Waals surface area (Å²) in [4.78, 5) is 3.57. The Morgan fingerprint density at radius 2 is 1.09 bits per heavy atom. The predicted octanol–water partition coefficient (Wildman–Crippen LogP) is 10.7. The van der Waals surface area contributed by atoms with E-state index in [-0.39, 0.29) is 5.82 Å². The van der Waals surface area contributed by atoms with Gasteiger partial charge in [0, 0.05) is 27.6 Å². The summed E-state index contributed by atoms with van der Waals surface area (Å²) in [7, 11) is 0. The summed E-state index contributed by atoms with van der Waals surface area (Å²) in [6.45, 7) is 0. The van der Waals surface area contributed by atoms with Gasteiger partial charge in [-0.25, -0.2) is 4.39 Å². The molecule has 43 heavy (non-hydrogen) atoms. The van der Waals surface area contributed by atoms with Gasteiger partial charge >= 0.3 is 0 Å². The molecular formula is C39H23FN2O. The van der Waals surface area contributed by atoms with Gasteiger partial charge in [-0.3, -0.25) is 0 Å². The fourth-order valence-corrected chi connectivity index (χ4v) is 6.35. The fraction of sp³-hybridized carbons (Fsp3) is 0. The fourth-order valence-electron chi connectivity index (χ4n) is 6.35. The monoisotopic (exact) mass is 554 g/mol. The minimum atomic E-state index is -0.358. The number of aromatic nitrogens is 1. The van der Waals surface area contributed by atoms with Crippen LogP contribution in [0.5, 0.6) is 0 Å². The zero-order valence-corrected chi connectivity index (χ0v) is 22.9. The van der Waals surface area contributed by atoms with Crippen molar-refractivity contribution in [1.29, 1.82) is 5.26 Å². The molecule has 0 spiro atoms. The molecule has 1 N–H and O–H groups in total. The quantitative estimate of drug-likeness (QED) is 0.235. The number of halogens is 1. The van der Waals surface area contributed by atoms with Crippen molar-refractivity contribution in [3.05, 3.63) is 145 Å². The molecule has 3 nitrogen and oxygen atoms in total. The van der Waals surface area contributed by atoms with E-state index in [1.54, 1.807) is 6.07 Å². The lowest BCUT2D eigenvalue weighted by atomic mass is 9.87. The van der Waals surface area contributed by atoms with Crippen molar-refractivity contribution in [3.63, 3.8) is 0 Å². The largest absolute Gasteiger partial charge is 0.454 e. The van der Waals surface area contributed by atoms with Crippen molar-refractivity contribution in [1.82, 2.24) is 4.98 Å². The first-order valence-electron chi connectivity index (χ1n) is 14.1. The topological polar surface area (TPSA) is 52.7 Å². The molecule has 0 atom stereocenters. The van der Waals surface area contributed by atoms with Gasteiger partial charge in [0.2, 0.25) is 0 Å². The maximum Gasteiger partial charge on any atom is 0.155 e. The maximum atomic E-state index is 15.6. The highest BCUT2D eigenvalue weighted by Gasteiger charge is 2.28. The zero-order chi connectivity index (χ0) is 28.9. The van der Waals surface area contributed by atoms with Crippen LogP contribution in [0.2, 0.25) is 0 Å². The number of benzene rings is 6. The average molecular weight is 555 g/mol. The molecule has 0 radical (unpaired) electrons. The van der Waals surface area contributed by atoms with Crippen molar-refractivity contribution in [2.45, 2.75) is 0 Å². The average Bonchev–Trinajstić information content (AvgIpc) is 3.36. The van der Waals surface area contributed by atoms with Crippen LogP contribution < -0.4 is 0 Å². The summed E-state index contributed by atoms with van der Waals surface area (Å²) in [6.07, 6.45) is 0. The molecule has 4 heteroatoms. The Balaban J connectivity index is 1.71. The van der Waals surface area contributed by atoms with Gasteiger partial charge in [-0.1, -0.05) is 121 Å². The number of hydrogen-bond donors (Lipinski definition) is 1. The number of H-pyrrole nitrogens is 1. The Labute approximate surface area is 247 Å². The van der Waals surface area contributed by atoms with Crippen LogP contribution in [-0.4, -0.2) is 4.98 Å². The Morgan fingerprint density at radius 3 is 1.65 bits per heavy atom. The van der Waals surface area contributed by atoms with E-state index < -0.39 is 0 Å². The summed E-state index contributed by atoms with van der Waals surface area (Å²) < 4.78 is 22.6. The summed E-state index contributed by atoms with van der Waals surface area (Å²) in [5.41, 5.74) is 8.28. The van der Waals surface area contributed by atoms with Gasteiger partial charge in [0.15, 0.2) is 5.58 Å². The number of rotatable bonds is 4. The van der Waals surface area contributed by atoms with Gasteiger partial charge in [-0.15, -0.1) is 0 Å². The molecule has 0 bridgehead atoms. The molecule has 0 aliphatic heterocycles. The minimum Gasteiger partial charge on any atom is -0.454 e. The first-order valence-corrected chi connectivity index (χ1v) is 14.1. The first-order chi connectivity index (χ1) is 21.2. The number of nitrogens with zero attached hydrogens (tertiary/aromatic N) is 1. The van der Waals surface area contributed by atoms with E-state index in [2.05, 4.69) is 11.1 Å². The van der Waals surface area contributed by atoms with Crippen LogP contribution in [0, 0.1) is 17.1 Å². The Hall–Kier alpha value is -5.92. The van der Waals surface area contributed by atoms with Crippen molar-refractivity contribution in [3.8, 4) is 50.8 Å². The van der Waals surface area contributed by atoms with Crippen molar-refractivity contribution in [2.24, 2.45) is 0 Å². The number of hydrogen-bond acceptors (Lipinski definition) is 2. The molecule has 0 fully saturated rings. The molecule has 0 saturated heterocycles. The third-order valence-electron chi connectivity index (χ3n) is 8.10. The third kappa shape index (κ3) is 3.87. The lowest BCUT2D eigenvalue weighted by Crippen LogP contribution is -1.94. The molecule has 2 heterocycles. The van der Waals surface area contributed by atoms with Crippen molar-refractivity contribution < 1.29 is 8.81 Å². The summed E-state index contributed by atoms with van der Waals surface area (Å²) >= 11 is 0. The normalized spacial score (nSPS) is 11.3. The minimum absolute atomic E-state index is 0.358. The molecule has 0 aliphatic carbocycles. The number of aromatic amines is 1. The van der Waals surface area contributed by atoms with Gasteiger partial charge in [0.25, 0.3) is 0 Å². The van der Waals surface area contributed by atoms with E-state index in [1.165, 1.54) is 6.07 Å². The lowest BCUT2D eigenvalue weighted by Gasteiger charge is -2.15. The van der Waals surface area contributed by atoms with Gasteiger partial charge in [0.1, 0.15) is 23.2 Å². The van der Waals surface area contributed by atoms with E-state index in [1.807, 2.05) is 121 Å². The number of nitriles is 1. The van der Waals surface area contributed by atoms with Crippen LogP contribution in [0.25, 0.3) is 77.5 Å². The molecular weight excluding hydrogens is 531 g/mol. The Morgan fingerprint density at radius 1 is 0.581 bits per heavy atom. The molecule has 8 aromatic rings. The predicted molar refractivity (Wildman–Crippen MR) is 172 cm³/mol. The zero-order valence-electron chi connectivity index (χ0n) is 22.9.